The summed E-state index contributed by atoms with van der Waals surface area (Å²) in [6.07, 6.45) is 2.82. The number of fused-ring (bicyclic) bond motifs is 1. The van der Waals surface area contributed by atoms with Crippen LogP contribution in [0.15, 0.2) is 55.4 Å². The zero-order chi connectivity index (χ0) is 22.0. The van der Waals surface area contributed by atoms with Gasteiger partial charge in [-0.1, -0.05) is 48.0 Å². The molecule has 0 aliphatic carbocycles. The van der Waals surface area contributed by atoms with Gasteiger partial charge in [-0.15, -0.1) is 0 Å². The Balaban J connectivity index is 1.73. The summed E-state index contributed by atoms with van der Waals surface area (Å²) in [5.74, 6) is 0.576. The summed E-state index contributed by atoms with van der Waals surface area (Å²) in [5.41, 5.74) is 2.39. The van der Waals surface area contributed by atoms with Crippen molar-refractivity contribution in [2.45, 2.75) is 6.04 Å². The number of carbonyl (C=O) groups excluding carboxylic acids is 1. The number of carbonyl (C=O) groups is 1. The smallest absolute Gasteiger partial charge is 0.246 e. The molecule has 4 rings (SSSR count). The van der Waals surface area contributed by atoms with Crippen molar-refractivity contribution in [3.8, 4) is 11.1 Å². The van der Waals surface area contributed by atoms with E-state index in [4.69, 9.17) is 29.8 Å². The summed E-state index contributed by atoms with van der Waals surface area (Å²) in [5, 5.41) is 1.98. The van der Waals surface area contributed by atoms with Gasteiger partial charge in [-0.05, 0) is 24.3 Å². The lowest BCUT2D eigenvalue weighted by Gasteiger charge is -2.39. The Labute approximate surface area is 190 Å². The van der Waals surface area contributed by atoms with Crippen LogP contribution in [-0.4, -0.2) is 53.0 Å². The second-order valence-electron chi connectivity index (χ2n) is 7.20. The van der Waals surface area contributed by atoms with Crippen LogP contribution in [0.25, 0.3) is 26.9 Å². The molecule has 0 spiro atoms. The highest BCUT2D eigenvalue weighted by Crippen LogP contribution is 2.37. The molecule has 8 heteroatoms. The topological polar surface area (TPSA) is 53.7 Å². The Bertz CT molecular complexity index is 1210. The van der Waals surface area contributed by atoms with Crippen LogP contribution in [0.5, 0.6) is 0 Å². The number of hydrogen-bond donors (Lipinski definition) is 0. The first-order valence-electron chi connectivity index (χ1n) is 9.74. The number of rotatable bonds is 4. The van der Waals surface area contributed by atoms with Crippen LogP contribution < -0.4 is 4.90 Å². The third kappa shape index (κ3) is 4.07. The van der Waals surface area contributed by atoms with Gasteiger partial charge in [-0.2, -0.15) is 0 Å². The molecule has 0 N–H and O–H groups in total. The number of anilines is 1. The zero-order valence-electron chi connectivity index (χ0n) is 16.6. The van der Waals surface area contributed by atoms with Gasteiger partial charge in [0.05, 0.1) is 5.52 Å². The maximum Gasteiger partial charge on any atom is 0.246 e. The highest BCUT2D eigenvalue weighted by Gasteiger charge is 2.32. The van der Waals surface area contributed by atoms with Gasteiger partial charge in [0.15, 0.2) is 0 Å². The van der Waals surface area contributed by atoms with Crippen LogP contribution in [-0.2, 0) is 4.79 Å². The molecule has 6 nitrogen and oxygen atoms in total. The minimum atomic E-state index is -0.236. The average molecular weight is 452 g/mol. The third-order valence-corrected chi connectivity index (χ3v) is 6.05. The predicted octanol–water partition coefficient (Wildman–Crippen LogP) is 4.73. The van der Waals surface area contributed by atoms with Gasteiger partial charge < -0.3 is 14.6 Å². The van der Waals surface area contributed by atoms with Crippen LogP contribution in [0.3, 0.4) is 0 Å². The molecule has 1 aliphatic heterocycles. The van der Waals surface area contributed by atoms with Crippen molar-refractivity contribution in [1.82, 2.24) is 14.9 Å². The molecule has 1 fully saturated rings. The summed E-state index contributed by atoms with van der Waals surface area (Å²) < 4.78 is 0. The number of hydrogen-bond acceptors (Lipinski definition) is 4. The van der Waals surface area contributed by atoms with E-state index < -0.39 is 0 Å². The average Bonchev–Trinajstić information content (AvgIpc) is 2.78. The number of amides is 1. The molecule has 1 aliphatic rings. The molecule has 31 heavy (non-hydrogen) atoms. The number of piperazine rings is 1. The van der Waals surface area contributed by atoms with E-state index in [0.29, 0.717) is 29.7 Å². The molecule has 0 radical (unpaired) electrons. The third-order valence-electron chi connectivity index (χ3n) is 5.41. The standard InChI is InChI=1S/C23H19Cl2N5O/c1-3-22(31)30-9-8-29(13-15(30)12-26-2)23-18-10-20(25)17(11-21(18)27-14-28-23)16-6-4-5-7-19(16)24/h3-7,10-11,14-15H,1,8-9,12-13H2. The van der Waals surface area contributed by atoms with E-state index in [1.54, 1.807) is 4.90 Å². The maximum atomic E-state index is 12.2. The number of benzene rings is 2. The quantitative estimate of drug-likeness (QED) is 0.425. The van der Waals surface area contributed by atoms with Gasteiger partial charge in [-0.3, -0.25) is 4.79 Å². The van der Waals surface area contributed by atoms with Crippen molar-refractivity contribution < 1.29 is 4.79 Å². The molecule has 1 aromatic heterocycles. The Morgan fingerprint density at radius 1 is 1.19 bits per heavy atom. The summed E-state index contributed by atoms with van der Waals surface area (Å²) >= 11 is 13.0. The second kappa shape index (κ2) is 8.93. The molecule has 3 aromatic rings. The highest BCUT2D eigenvalue weighted by atomic mass is 35.5. The van der Waals surface area contributed by atoms with Gasteiger partial charge in [0.1, 0.15) is 18.2 Å². The summed E-state index contributed by atoms with van der Waals surface area (Å²) in [7, 11) is 0. The first kappa shape index (κ1) is 21.1. The van der Waals surface area contributed by atoms with Crippen molar-refractivity contribution in [3.05, 3.63) is 76.8 Å². The Hall–Kier alpha value is -3.14. The van der Waals surface area contributed by atoms with Crippen molar-refractivity contribution in [1.29, 1.82) is 0 Å². The Kier molecular flexibility index (Phi) is 6.08. The molecule has 0 saturated carbocycles. The number of nitrogens with zero attached hydrogens (tertiary/aromatic N) is 5. The Morgan fingerprint density at radius 2 is 2.00 bits per heavy atom. The number of aromatic nitrogens is 2. The van der Waals surface area contributed by atoms with Crippen molar-refractivity contribution in [2.75, 3.05) is 31.1 Å². The summed E-state index contributed by atoms with van der Waals surface area (Å²) in [6.45, 7) is 12.6. The van der Waals surface area contributed by atoms with E-state index >= 15 is 0 Å². The molecular weight excluding hydrogens is 433 g/mol. The fourth-order valence-corrected chi connectivity index (χ4v) is 4.42. The van der Waals surface area contributed by atoms with E-state index in [2.05, 4.69) is 26.3 Å². The monoisotopic (exact) mass is 451 g/mol. The van der Waals surface area contributed by atoms with Gasteiger partial charge in [-0.25, -0.2) is 16.5 Å². The van der Waals surface area contributed by atoms with Gasteiger partial charge >= 0.3 is 0 Å². The van der Waals surface area contributed by atoms with Gasteiger partial charge in [0.2, 0.25) is 12.5 Å². The fourth-order valence-electron chi connectivity index (χ4n) is 3.92. The van der Waals surface area contributed by atoms with Crippen LogP contribution in [0, 0.1) is 6.57 Å². The zero-order valence-corrected chi connectivity index (χ0v) is 18.1. The molecule has 156 valence electrons. The van der Waals surface area contributed by atoms with Crippen LogP contribution >= 0.6 is 23.2 Å². The SMILES string of the molecule is [C-]#[N+]CC1CN(c2ncnc3cc(-c4ccccc4Cl)c(Cl)cc23)CCN1C(=O)C=C. The van der Waals surface area contributed by atoms with Crippen molar-refractivity contribution >= 4 is 45.8 Å². The molecule has 0 bridgehead atoms. The van der Waals surface area contributed by atoms with E-state index in [1.165, 1.54) is 12.4 Å². The summed E-state index contributed by atoms with van der Waals surface area (Å²) in [6, 6.07) is 11.1. The molecule has 1 amide bonds. The fraction of sp³-hybridized carbons (Fsp3) is 0.217. The second-order valence-corrected chi connectivity index (χ2v) is 8.02. The van der Waals surface area contributed by atoms with Crippen LogP contribution in [0.4, 0.5) is 5.82 Å². The first-order chi connectivity index (χ1) is 15.0. The highest BCUT2D eigenvalue weighted by molar-refractivity contribution is 6.37. The van der Waals surface area contributed by atoms with E-state index in [9.17, 15) is 4.79 Å². The normalized spacial score (nSPS) is 16.2. The molecule has 2 aromatic carbocycles. The summed E-state index contributed by atoms with van der Waals surface area (Å²) in [4.78, 5) is 28.4. The van der Waals surface area contributed by atoms with E-state index in [1.807, 2.05) is 36.4 Å². The van der Waals surface area contributed by atoms with Gasteiger partial charge in [0, 0.05) is 46.2 Å². The molecular formula is C23H19Cl2N5O. The van der Waals surface area contributed by atoms with Crippen LogP contribution in [0.1, 0.15) is 0 Å². The van der Waals surface area contributed by atoms with Crippen molar-refractivity contribution in [3.63, 3.8) is 0 Å². The largest absolute Gasteiger partial charge is 0.352 e. The predicted molar refractivity (Wildman–Crippen MR) is 124 cm³/mol. The van der Waals surface area contributed by atoms with E-state index in [-0.39, 0.29) is 18.5 Å². The lowest BCUT2D eigenvalue weighted by atomic mass is 10.0. The molecule has 2 heterocycles. The van der Waals surface area contributed by atoms with Crippen molar-refractivity contribution in [2.24, 2.45) is 0 Å². The molecule has 1 unspecified atom stereocenters. The number of halogens is 2. The Morgan fingerprint density at radius 3 is 2.74 bits per heavy atom. The first-order valence-corrected chi connectivity index (χ1v) is 10.5. The molecule has 1 saturated heterocycles. The lowest BCUT2D eigenvalue weighted by Crippen LogP contribution is -2.56. The minimum Gasteiger partial charge on any atom is -0.352 e. The molecule has 1 atom stereocenters. The maximum absolute atomic E-state index is 12.2. The van der Waals surface area contributed by atoms with E-state index in [0.717, 1.165) is 27.8 Å². The minimum absolute atomic E-state index is 0.159. The lowest BCUT2D eigenvalue weighted by molar-refractivity contribution is -0.128. The van der Waals surface area contributed by atoms with Gasteiger partial charge in [0.25, 0.3) is 0 Å². The van der Waals surface area contributed by atoms with Crippen LogP contribution in [0.2, 0.25) is 10.0 Å².